The predicted octanol–water partition coefficient (Wildman–Crippen LogP) is 3.07. The van der Waals surface area contributed by atoms with E-state index in [1.807, 2.05) is 48.5 Å². The number of aliphatic carboxylic acids is 2. The zero-order valence-electron chi connectivity index (χ0n) is 15.4. The second kappa shape index (κ2) is 10.8. The molecule has 6 nitrogen and oxygen atoms in total. The molecule has 1 aliphatic rings. The lowest BCUT2D eigenvalue weighted by molar-refractivity contribution is -0.134. The van der Waals surface area contributed by atoms with Crippen molar-refractivity contribution in [1.29, 1.82) is 0 Å². The van der Waals surface area contributed by atoms with Crippen LogP contribution in [-0.4, -0.2) is 52.5 Å². The van der Waals surface area contributed by atoms with Crippen LogP contribution in [0.4, 0.5) is 0 Å². The zero-order valence-corrected chi connectivity index (χ0v) is 15.4. The molecule has 1 unspecified atom stereocenters. The standard InChI is InChI=1S/C18H19NO.C4H4O4/c20-18(16-10-5-2-6-11-16)17(14-19-12-7-13-19)15-8-3-1-4-9-15;5-3(6)1-2-4(7)8/h1-6,8-11,17H,7,12-14H2;1-2H,(H,5,6)(H,7,8)/b;2-1+. The number of rotatable bonds is 7. The average molecular weight is 381 g/mol. The van der Waals surface area contributed by atoms with Crippen molar-refractivity contribution in [3.8, 4) is 0 Å². The number of carboxylic acids is 2. The first-order valence-corrected chi connectivity index (χ1v) is 8.98. The maximum absolute atomic E-state index is 12.8. The fourth-order valence-electron chi connectivity index (χ4n) is 2.79. The molecule has 0 radical (unpaired) electrons. The second-order valence-corrected chi connectivity index (χ2v) is 6.36. The van der Waals surface area contributed by atoms with E-state index in [9.17, 15) is 14.4 Å². The Balaban J connectivity index is 0.000000300. The number of carbonyl (C=O) groups excluding carboxylic acids is 1. The Hall–Kier alpha value is -3.25. The summed E-state index contributed by atoms with van der Waals surface area (Å²) in [6, 6.07) is 19.8. The lowest BCUT2D eigenvalue weighted by atomic mass is 9.89. The van der Waals surface area contributed by atoms with Crippen molar-refractivity contribution in [2.75, 3.05) is 19.6 Å². The van der Waals surface area contributed by atoms with Gasteiger partial charge in [0.05, 0.1) is 5.92 Å². The number of nitrogens with zero attached hydrogens (tertiary/aromatic N) is 1. The van der Waals surface area contributed by atoms with Crippen LogP contribution in [0.15, 0.2) is 72.8 Å². The van der Waals surface area contributed by atoms with Crippen molar-refractivity contribution in [2.45, 2.75) is 12.3 Å². The molecular formula is C22H23NO5. The molecule has 1 fully saturated rings. The van der Waals surface area contributed by atoms with Crippen LogP contribution in [0, 0.1) is 0 Å². The highest BCUT2D eigenvalue weighted by Gasteiger charge is 2.26. The van der Waals surface area contributed by atoms with E-state index in [1.165, 1.54) is 6.42 Å². The number of carboxylic acid groups (broad SMARTS) is 2. The van der Waals surface area contributed by atoms with E-state index in [2.05, 4.69) is 17.0 Å². The Labute approximate surface area is 163 Å². The van der Waals surface area contributed by atoms with Crippen LogP contribution >= 0.6 is 0 Å². The molecule has 0 bridgehead atoms. The van der Waals surface area contributed by atoms with Gasteiger partial charge in [-0.05, 0) is 25.1 Å². The maximum Gasteiger partial charge on any atom is 0.328 e. The summed E-state index contributed by atoms with van der Waals surface area (Å²) in [4.78, 5) is 34.3. The minimum Gasteiger partial charge on any atom is -0.478 e. The first kappa shape index (κ1) is 21.1. The molecule has 3 rings (SSSR count). The lowest BCUT2D eigenvalue weighted by Gasteiger charge is -2.33. The van der Waals surface area contributed by atoms with Crippen molar-refractivity contribution in [3.05, 3.63) is 83.9 Å². The van der Waals surface area contributed by atoms with Crippen molar-refractivity contribution in [2.24, 2.45) is 0 Å². The highest BCUT2D eigenvalue weighted by molar-refractivity contribution is 6.01. The predicted molar refractivity (Wildman–Crippen MR) is 105 cm³/mol. The minimum absolute atomic E-state index is 0.0566. The van der Waals surface area contributed by atoms with Gasteiger partial charge in [0.1, 0.15) is 0 Å². The molecule has 2 aromatic carbocycles. The fourth-order valence-corrected chi connectivity index (χ4v) is 2.79. The molecule has 1 saturated heterocycles. The van der Waals surface area contributed by atoms with Crippen molar-refractivity contribution in [3.63, 3.8) is 0 Å². The molecule has 2 aromatic rings. The highest BCUT2D eigenvalue weighted by Crippen LogP contribution is 2.24. The van der Waals surface area contributed by atoms with E-state index in [0.29, 0.717) is 12.2 Å². The molecule has 146 valence electrons. The van der Waals surface area contributed by atoms with Gasteiger partial charge in [0, 0.05) is 24.3 Å². The molecule has 1 aliphatic heterocycles. The summed E-state index contributed by atoms with van der Waals surface area (Å²) in [7, 11) is 0. The smallest absolute Gasteiger partial charge is 0.328 e. The van der Waals surface area contributed by atoms with Gasteiger partial charge in [-0.15, -0.1) is 0 Å². The molecule has 6 heteroatoms. The summed E-state index contributed by atoms with van der Waals surface area (Å²) in [5, 5.41) is 15.6. The van der Waals surface area contributed by atoms with Crippen molar-refractivity contribution < 1.29 is 24.6 Å². The SMILES string of the molecule is O=C(O)/C=C/C(=O)O.O=C(c1ccccc1)C(CN1CCC1)c1ccccc1. The van der Waals surface area contributed by atoms with Crippen LogP contribution in [0.2, 0.25) is 0 Å². The first-order chi connectivity index (χ1) is 13.5. The number of carbonyl (C=O) groups is 3. The molecule has 0 saturated carbocycles. The average Bonchev–Trinajstić information content (AvgIpc) is 2.67. The van der Waals surface area contributed by atoms with Crippen LogP contribution in [0.25, 0.3) is 0 Å². The number of hydrogen-bond donors (Lipinski definition) is 2. The van der Waals surface area contributed by atoms with Crippen LogP contribution in [0.5, 0.6) is 0 Å². The summed E-state index contributed by atoms with van der Waals surface area (Å²) >= 11 is 0. The van der Waals surface area contributed by atoms with Gasteiger partial charge in [-0.2, -0.15) is 0 Å². The third-order valence-electron chi connectivity index (χ3n) is 4.33. The van der Waals surface area contributed by atoms with Crippen LogP contribution in [0.3, 0.4) is 0 Å². The van der Waals surface area contributed by atoms with Gasteiger partial charge in [0.25, 0.3) is 0 Å². The molecule has 1 atom stereocenters. The van der Waals surface area contributed by atoms with E-state index in [1.54, 1.807) is 0 Å². The molecule has 2 N–H and O–H groups in total. The van der Waals surface area contributed by atoms with E-state index in [4.69, 9.17) is 10.2 Å². The summed E-state index contributed by atoms with van der Waals surface area (Å²) in [5.74, 6) is -2.35. The van der Waals surface area contributed by atoms with Crippen molar-refractivity contribution in [1.82, 2.24) is 4.90 Å². The summed E-state index contributed by atoms with van der Waals surface area (Å²) < 4.78 is 0. The van der Waals surface area contributed by atoms with Gasteiger partial charge in [0.2, 0.25) is 0 Å². The van der Waals surface area contributed by atoms with Gasteiger partial charge in [-0.1, -0.05) is 60.7 Å². The summed E-state index contributed by atoms with van der Waals surface area (Å²) in [6.07, 6.45) is 2.37. The summed E-state index contributed by atoms with van der Waals surface area (Å²) in [5.41, 5.74) is 1.93. The fraction of sp³-hybridized carbons (Fsp3) is 0.227. The maximum atomic E-state index is 12.8. The largest absolute Gasteiger partial charge is 0.478 e. The zero-order chi connectivity index (χ0) is 20.4. The first-order valence-electron chi connectivity index (χ1n) is 8.98. The Morgan fingerprint density at radius 3 is 1.79 bits per heavy atom. The second-order valence-electron chi connectivity index (χ2n) is 6.36. The lowest BCUT2D eigenvalue weighted by Crippen LogP contribution is -2.41. The molecular weight excluding hydrogens is 358 g/mol. The Bertz CT molecular complexity index is 797. The molecule has 1 heterocycles. The number of ketones is 1. The highest BCUT2D eigenvalue weighted by atomic mass is 16.4. The Morgan fingerprint density at radius 2 is 1.36 bits per heavy atom. The quantitative estimate of drug-likeness (QED) is 0.565. The molecule has 0 aliphatic carbocycles. The molecule has 28 heavy (non-hydrogen) atoms. The Kier molecular flexibility index (Phi) is 8.11. The van der Waals surface area contributed by atoms with Crippen LogP contribution in [0.1, 0.15) is 28.3 Å². The monoisotopic (exact) mass is 381 g/mol. The van der Waals surface area contributed by atoms with Crippen LogP contribution < -0.4 is 0 Å². The molecule has 0 spiro atoms. The number of likely N-dealkylation sites (tertiary alicyclic amines) is 1. The Morgan fingerprint density at radius 1 is 0.857 bits per heavy atom. The third kappa shape index (κ3) is 6.81. The van der Waals surface area contributed by atoms with Gasteiger partial charge in [-0.25, -0.2) is 9.59 Å². The normalized spacial score (nSPS) is 14.4. The minimum atomic E-state index is -1.26. The number of Topliss-reactive ketones (excluding diaryl/α,β-unsaturated/α-hetero) is 1. The molecule has 0 aromatic heterocycles. The van der Waals surface area contributed by atoms with E-state index >= 15 is 0 Å². The molecule has 0 amide bonds. The van der Waals surface area contributed by atoms with Gasteiger partial charge in [0.15, 0.2) is 5.78 Å². The van der Waals surface area contributed by atoms with Gasteiger partial charge < -0.3 is 15.1 Å². The topological polar surface area (TPSA) is 94.9 Å². The van der Waals surface area contributed by atoms with E-state index < -0.39 is 11.9 Å². The van der Waals surface area contributed by atoms with E-state index in [-0.39, 0.29) is 11.7 Å². The van der Waals surface area contributed by atoms with Gasteiger partial charge >= 0.3 is 11.9 Å². The number of hydrogen-bond acceptors (Lipinski definition) is 4. The van der Waals surface area contributed by atoms with E-state index in [0.717, 1.165) is 30.8 Å². The van der Waals surface area contributed by atoms with Gasteiger partial charge in [-0.3, -0.25) is 4.79 Å². The number of benzene rings is 2. The van der Waals surface area contributed by atoms with Crippen molar-refractivity contribution >= 4 is 17.7 Å². The summed E-state index contributed by atoms with van der Waals surface area (Å²) in [6.45, 7) is 3.06. The van der Waals surface area contributed by atoms with Crippen LogP contribution in [-0.2, 0) is 9.59 Å². The third-order valence-corrected chi connectivity index (χ3v) is 4.33.